The number of benzene rings is 1. The van der Waals surface area contributed by atoms with Crippen LogP contribution in [-0.4, -0.2) is 42.9 Å². The lowest BCUT2D eigenvalue weighted by Crippen LogP contribution is -2.43. The van der Waals surface area contributed by atoms with Gasteiger partial charge in [-0.2, -0.15) is 0 Å². The van der Waals surface area contributed by atoms with E-state index in [0.717, 1.165) is 25.2 Å². The summed E-state index contributed by atoms with van der Waals surface area (Å²) in [5.41, 5.74) is 2.24. The third kappa shape index (κ3) is 4.08. The van der Waals surface area contributed by atoms with E-state index in [1.54, 1.807) is 7.11 Å². The minimum atomic E-state index is -0.0912. The number of hydrogen-bond donors (Lipinski definition) is 1. The van der Waals surface area contributed by atoms with Crippen molar-refractivity contribution in [3.63, 3.8) is 0 Å². The SMILES string of the molecule is COC1CN(Cc2ccc(C#CCO)cc2)CCC1C. The molecule has 1 aromatic rings. The van der Waals surface area contributed by atoms with E-state index in [9.17, 15) is 0 Å². The Labute approximate surface area is 121 Å². The number of nitrogens with zero attached hydrogens (tertiary/aromatic N) is 1. The van der Waals surface area contributed by atoms with Crippen molar-refractivity contribution in [1.82, 2.24) is 4.90 Å². The fourth-order valence-corrected chi connectivity index (χ4v) is 2.64. The molecule has 0 spiro atoms. The van der Waals surface area contributed by atoms with Crippen LogP contribution in [-0.2, 0) is 11.3 Å². The topological polar surface area (TPSA) is 32.7 Å². The van der Waals surface area contributed by atoms with Crippen LogP contribution in [0, 0.1) is 17.8 Å². The van der Waals surface area contributed by atoms with Crippen molar-refractivity contribution in [3.8, 4) is 11.8 Å². The molecule has 3 nitrogen and oxygen atoms in total. The third-order valence-corrected chi connectivity index (χ3v) is 3.95. The summed E-state index contributed by atoms with van der Waals surface area (Å²) in [7, 11) is 1.80. The van der Waals surface area contributed by atoms with Gasteiger partial charge in [-0.3, -0.25) is 4.90 Å². The zero-order valence-corrected chi connectivity index (χ0v) is 12.3. The van der Waals surface area contributed by atoms with Gasteiger partial charge >= 0.3 is 0 Å². The Kier molecular flexibility index (Phi) is 5.60. The number of likely N-dealkylation sites (tertiary alicyclic amines) is 1. The highest BCUT2D eigenvalue weighted by molar-refractivity contribution is 5.36. The quantitative estimate of drug-likeness (QED) is 0.854. The third-order valence-electron chi connectivity index (χ3n) is 3.95. The van der Waals surface area contributed by atoms with Gasteiger partial charge < -0.3 is 9.84 Å². The molecule has 1 saturated heterocycles. The fourth-order valence-electron chi connectivity index (χ4n) is 2.64. The normalized spacial score (nSPS) is 23.1. The summed E-state index contributed by atoms with van der Waals surface area (Å²) in [6, 6.07) is 8.25. The average Bonchev–Trinajstić information content (AvgIpc) is 2.48. The Hall–Kier alpha value is -1.34. The van der Waals surface area contributed by atoms with Gasteiger partial charge in [-0.1, -0.05) is 30.9 Å². The highest BCUT2D eigenvalue weighted by Crippen LogP contribution is 2.21. The molecule has 1 aliphatic heterocycles. The second-order valence-electron chi connectivity index (χ2n) is 5.43. The van der Waals surface area contributed by atoms with Crippen LogP contribution in [0.2, 0.25) is 0 Å². The van der Waals surface area contributed by atoms with E-state index in [1.165, 1.54) is 12.0 Å². The molecule has 0 aromatic heterocycles. The van der Waals surface area contributed by atoms with Gasteiger partial charge in [0.05, 0.1) is 6.10 Å². The Morgan fingerprint density at radius 3 is 2.75 bits per heavy atom. The van der Waals surface area contributed by atoms with Gasteiger partial charge in [0, 0.05) is 25.8 Å². The molecule has 0 radical (unpaired) electrons. The highest BCUT2D eigenvalue weighted by atomic mass is 16.5. The van der Waals surface area contributed by atoms with Crippen molar-refractivity contribution in [2.24, 2.45) is 5.92 Å². The maximum absolute atomic E-state index is 8.68. The van der Waals surface area contributed by atoms with Gasteiger partial charge in [-0.05, 0) is 36.6 Å². The molecule has 1 fully saturated rings. The van der Waals surface area contributed by atoms with E-state index in [0.29, 0.717) is 12.0 Å². The molecule has 108 valence electrons. The van der Waals surface area contributed by atoms with E-state index in [-0.39, 0.29) is 6.61 Å². The molecule has 3 heteroatoms. The van der Waals surface area contributed by atoms with Crippen molar-refractivity contribution in [1.29, 1.82) is 0 Å². The molecule has 1 aromatic carbocycles. The minimum absolute atomic E-state index is 0.0912. The number of methoxy groups -OCH3 is 1. The van der Waals surface area contributed by atoms with Crippen LogP contribution in [0.5, 0.6) is 0 Å². The first-order valence-electron chi connectivity index (χ1n) is 7.16. The molecular formula is C17H23NO2. The van der Waals surface area contributed by atoms with Gasteiger partial charge in [0.2, 0.25) is 0 Å². The van der Waals surface area contributed by atoms with Crippen LogP contribution in [0.4, 0.5) is 0 Å². The Morgan fingerprint density at radius 2 is 2.10 bits per heavy atom. The van der Waals surface area contributed by atoms with Gasteiger partial charge in [0.25, 0.3) is 0 Å². The van der Waals surface area contributed by atoms with Crippen LogP contribution in [0.3, 0.4) is 0 Å². The second kappa shape index (κ2) is 7.44. The molecule has 2 unspecified atom stereocenters. The zero-order valence-electron chi connectivity index (χ0n) is 12.3. The van der Waals surface area contributed by atoms with Gasteiger partial charge in [0.15, 0.2) is 0 Å². The van der Waals surface area contributed by atoms with Gasteiger partial charge in [-0.25, -0.2) is 0 Å². The minimum Gasteiger partial charge on any atom is -0.384 e. The number of rotatable bonds is 3. The number of hydrogen-bond acceptors (Lipinski definition) is 3. The predicted octanol–water partition coefficient (Wildman–Crippen LogP) is 1.89. The number of ether oxygens (including phenoxy) is 1. The van der Waals surface area contributed by atoms with Gasteiger partial charge in [0.1, 0.15) is 6.61 Å². The van der Waals surface area contributed by atoms with Crippen LogP contribution < -0.4 is 0 Å². The van der Waals surface area contributed by atoms with Crippen molar-refractivity contribution in [2.75, 3.05) is 26.8 Å². The Morgan fingerprint density at radius 1 is 1.35 bits per heavy atom. The molecule has 0 amide bonds. The largest absolute Gasteiger partial charge is 0.384 e. The average molecular weight is 273 g/mol. The molecule has 2 atom stereocenters. The maximum atomic E-state index is 8.68. The fraction of sp³-hybridized carbons (Fsp3) is 0.529. The first kappa shape index (κ1) is 15.1. The first-order valence-corrected chi connectivity index (χ1v) is 7.16. The Balaban J connectivity index is 1.93. The van der Waals surface area contributed by atoms with E-state index < -0.39 is 0 Å². The van der Waals surface area contributed by atoms with E-state index in [4.69, 9.17) is 9.84 Å². The van der Waals surface area contributed by atoms with Crippen LogP contribution in [0.25, 0.3) is 0 Å². The summed E-state index contributed by atoms with van der Waals surface area (Å²) in [6.45, 7) is 5.27. The lowest BCUT2D eigenvalue weighted by molar-refractivity contribution is -0.00744. The molecule has 1 aliphatic rings. The van der Waals surface area contributed by atoms with Crippen LogP contribution >= 0.6 is 0 Å². The lowest BCUT2D eigenvalue weighted by atomic mass is 9.95. The van der Waals surface area contributed by atoms with Crippen molar-refractivity contribution >= 4 is 0 Å². The lowest BCUT2D eigenvalue weighted by Gasteiger charge is -2.36. The summed E-state index contributed by atoms with van der Waals surface area (Å²) in [5.74, 6) is 6.22. The van der Waals surface area contributed by atoms with Crippen LogP contribution in [0.1, 0.15) is 24.5 Å². The summed E-state index contributed by atoms with van der Waals surface area (Å²) in [4.78, 5) is 2.45. The number of piperidine rings is 1. The van der Waals surface area contributed by atoms with Crippen molar-refractivity contribution in [3.05, 3.63) is 35.4 Å². The second-order valence-corrected chi connectivity index (χ2v) is 5.43. The van der Waals surface area contributed by atoms with Crippen molar-refractivity contribution < 1.29 is 9.84 Å². The number of aliphatic hydroxyl groups excluding tert-OH is 1. The Bertz CT molecular complexity index is 472. The van der Waals surface area contributed by atoms with Gasteiger partial charge in [-0.15, -0.1) is 0 Å². The molecule has 1 heterocycles. The molecule has 0 aliphatic carbocycles. The van der Waals surface area contributed by atoms with E-state index >= 15 is 0 Å². The number of aliphatic hydroxyl groups is 1. The summed E-state index contributed by atoms with van der Waals surface area (Å²) in [5, 5.41) is 8.68. The molecular weight excluding hydrogens is 250 g/mol. The zero-order chi connectivity index (χ0) is 14.4. The standard InChI is InChI=1S/C17H23NO2/c1-14-9-10-18(13-17(14)20-2)12-16-7-5-15(6-8-16)4-3-11-19/h5-8,14,17,19H,9-13H2,1-2H3. The molecule has 0 bridgehead atoms. The summed E-state index contributed by atoms with van der Waals surface area (Å²) >= 11 is 0. The smallest absolute Gasteiger partial charge is 0.104 e. The monoisotopic (exact) mass is 273 g/mol. The molecule has 0 saturated carbocycles. The highest BCUT2D eigenvalue weighted by Gasteiger charge is 2.25. The van der Waals surface area contributed by atoms with Crippen molar-refractivity contribution in [2.45, 2.75) is 26.0 Å². The first-order chi connectivity index (χ1) is 9.72. The predicted molar refractivity (Wildman–Crippen MR) is 80.3 cm³/mol. The van der Waals surface area contributed by atoms with E-state index in [2.05, 4.69) is 35.8 Å². The summed E-state index contributed by atoms with van der Waals surface area (Å²) < 4.78 is 5.55. The molecule has 2 rings (SSSR count). The molecule has 20 heavy (non-hydrogen) atoms. The van der Waals surface area contributed by atoms with Crippen LogP contribution in [0.15, 0.2) is 24.3 Å². The summed E-state index contributed by atoms with van der Waals surface area (Å²) in [6.07, 6.45) is 1.54. The molecule has 1 N–H and O–H groups in total. The van der Waals surface area contributed by atoms with E-state index in [1.807, 2.05) is 12.1 Å². The maximum Gasteiger partial charge on any atom is 0.104 e.